The zero-order valence-electron chi connectivity index (χ0n) is 5.91. The van der Waals surface area contributed by atoms with E-state index in [2.05, 4.69) is 15.0 Å². The first-order chi connectivity index (χ1) is 5.75. The second kappa shape index (κ2) is 2.76. The third-order valence-electron chi connectivity index (χ3n) is 1.34. The van der Waals surface area contributed by atoms with Crippen LogP contribution in [-0.2, 0) is 0 Å². The highest BCUT2D eigenvalue weighted by Gasteiger charge is 2.04. The second-order valence-electron chi connectivity index (χ2n) is 2.16. The minimum atomic E-state index is 0.398. The Morgan fingerprint density at radius 3 is 2.75 bits per heavy atom. The van der Waals surface area contributed by atoms with Crippen LogP contribution in [0.25, 0.3) is 10.6 Å². The van der Waals surface area contributed by atoms with Gasteiger partial charge < -0.3 is 10.7 Å². The Kier molecular flexibility index (Phi) is 1.74. The maximum Gasteiger partial charge on any atom is 0.197 e. The van der Waals surface area contributed by atoms with Gasteiger partial charge in [0.15, 0.2) is 10.4 Å². The number of aromatic amines is 1. The van der Waals surface area contributed by atoms with Crippen LogP contribution < -0.4 is 5.73 Å². The normalized spacial score (nSPS) is 10.4. The molecule has 0 aromatic carbocycles. The van der Waals surface area contributed by atoms with Crippen molar-refractivity contribution >= 4 is 28.9 Å². The first-order valence-corrected chi connectivity index (χ1v) is 4.37. The zero-order valence-corrected chi connectivity index (χ0v) is 7.49. The fourth-order valence-corrected chi connectivity index (χ4v) is 1.74. The molecule has 0 unspecified atom stereocenters. The van der Waals surface area contributed by atoms with Crippen LogP contribution in [0.1, 0.15) is 0 Å². The first-order valence-electron chi connectivity index (χ1n) is 3.18. The summed E-state index contributed by atoms with van der Waals surface area (Å²) in [5.41, 5.74) is 6.25. The number of nitrogens with two attached hydrogens (primary N) is 1. The molecule has 0 aliphatic heterocycles. The number of rotatable bonds is 1. The molecule has 0 aliphatic carbocycles. The van der Waals surface area contributed by atoms with Gasteiger partial charge in [0.2, 0.25) is 0 Å². The number of anilines is 1. The second-order valence-corrected chi connectivity index (χ2v) is 3.77. The van der Waals surface area contributed by atoms with E-state index in [1.54, 1.807) is 12.4 Å². The molecule has 0 fully saturated rings. The third-order valence-corrected chi connectivity index (χ3v) is 2.49. The van der Waals surface area contributed by atoms with Gasteiger partial charge in [-0.1, -0.05) is 11.6 Å². The summed E-state index contributed by atoms with van der Waals surface area (Å²) in [5, 5.41) is 0. The van der Waals surface area contributed by atoms with E-state index in [1.807, 2.05) is 0 Å². The minimum Gasteiger partial charge on any atom is -0.369 e. The van der Waals surface area contributed by atoms with Crippen molar-refractivity contribution in [3.8, 4) is 10.6 Å². The number of nitrogens with one attached hydrogen (secondary N) is 1. The molecule has 12 heavy (non-hydrogen) atoms. The molecule has 2 aromatic heterocycles. The smallest absolute Gasteiger partial charge is 0.197 e. The highest BCUT2D eigenvalue weighted by molar-refractivity contribution is 7.18. The molecular formula is C6H5ClN4S. The fourth-order valence-electron chi connectivity index (χ4n) is 0.839. The third kappa shape index (κ3) is 1.28. The lowest BCUT2D eigenvalue weighted by atomic mass is 10.4. The molecule has 2 rings (SSSR count). The molecule has 62 valence electrons. The monoisotopic (exact) mass is 200 g/mol. The van der Waals surface area contributed by atoms with Gasteiger partial charge in [0.05, 0.1) is 16.8 Å². The number of H-pyrrole nitrogens is 1. The number of halogens is 1. The number of imidazole rings is 1. The number of nitrogens with zero attached hydrogens (tertiary/aromatic N) is 2. The highest BCUT2D eigenvalue weighted by atomic mass is 35.5. The van der Waals surface area contributed by atoms with Crippen molar-refractivity contribution in [2.24, 2.45) is 0 Å². The molecule has 2 heterocycles. The van der Waals surface area contributed by atoms with E-state index in [4.69, 9.17) is 17.3 Å². The minimum absolute atomic E-state index is 0.398. The molecule has 3 N–H and O–H groups in total. The maximum absolute atomic E-state index is 5.66. The van der Waals surface area contributed by atoms with E-state index < -0.39 is 0 Å². The molecule has 6 heteroatoms. The van der Waals surface area contributed by atoms with Crippen LogP contribution in [-0.4, -0.2) is 15.0 Å². The Balaban J connectivity index is 2.43. The molecule has 0 aliphatic rings. The summed E-state index contributed by atoms with van der Waals surface area (Å²) in [6.45, 7) is 0. The lowest BCUT2D eigenvalue weighted by Gasteiger charge is -1.85. The Hall–Kier alpha value is -1.07. The number of thiazole rings is 1. The average molecular weight is 201 g/mol. The van der Waals surface area contributed by atoms with Crippen LogP contribution in [0.3, 0.4) is 0 Å². The number of hydrogen-bond acceptors (Lipinski definition) is 4. The van der Waals surface area contributed by atoms with Gasteiger partial charge in [-0.3, -0.25) is 0 Å². The summed E-state index contributed by atoms with van der Waals surface area (Å²) in [5.74, 6) is 0.398. The van der Waals surface area contributed by atoms with Gasteiger partial charge >= 0.3 is 0 Å². The predicted octanol–water partition coefficient (Wildman–Crippen LogP) is 1.77. The molecular weight excluding hydrogens is 196 g/mol. The molecule has 0 saturated heterocycles. The summed E-state index contributed by atoms with van der Waals surface area (Å²) in [4.78, 5) is 11.6. The van der Waals surface area contributed by atoms with Gasteiger partial charge in [0.1, 0.15) is 0 Å². The van der Waals surface area contributed by atoms with Gasteiger partial charge in [-0.05, 0) is 0 Å². The zero-order chi connectivity index (χ0) is 8.55. The summed E-state index contributed by atoms with van der Waals surface area (Å²) < 4.78 is 0.512. The SMILES string of the molecule is Nc1ncc(-c2cnc(Cl)s2)[nH]1. The summed E-state index contributed by atoms with van der Waals surface area (Å²) in [6.07, 6.45) is 3.33. The number of hydrogen-bond donors (Lipinski definition) is 2. The molecule has 2 aromatic rings. The van der Waals surface area contributed by atoms with E-state index in [0.29, 0.717) is 10.4 Å². The highest BCUT2D eigenvalue weighted by Crippen LogP contribution is 2.27. The quantitative estimate of drug-likeness (QED) is 0.737. The molecule has 4 nitrogen and oxygen atoms in total. The van der Waals surface area contributed by atoms with Crippen LogP contribution in [0.2, 0.25) is 4.47 Å². The van der Waals surface area contributed by atoms with Crippen molar-refractivity contribution < 1.29 is 0 Å². The summed E-state index contributed by atoms with van der Waals surface area (Å²) >= 11 is 7.04. The fraction of sp³-hybridized carbons (Fsp3) is 0. The Bertz CT molecular complexity index is 355. The van der Waals surface area contributed by atoms with Crippen molar-refractivity contribution in [1.82, 2.24) is 15.0 Å². The van der Waals surface area contributed by atoms with E-state index in [9.17, 15) is 0 Å². The van der Waals surface area contributed by atoms with E-state index >= 15 is 0 Å². The average Bonchev–Trinajstić information content (AvgIpc) is 2.58. The first kappa shape index (κ1) is 7.57. The molecule has 0 saturated carbocycles. The van der Waals surface area contributed by atoms with Crippen molar-refractivity contribution in [3.05, 3.63) is 16.9 Å². The van der Waals surface area contributed by atoms with Crippen molar-refractivity contribution in [1.29, 1.82) is 0 Å². The van der Waals surface area contributed by atoms with Gasteiger partial charge in [0, 0.05) is 6.20 Å². The van der Waals surface area contributed by atoms with Crippen LogP contribution in [0.15, 0.2) is 12.4 Å². The van der Waals surface area contributed by atoms with Gasteiger partial charge in [-0.25, -0.2) is 9.97 Å². The van der Waals surface area contributed by atoms with Crippen molar-refractivity contribution in [2.45, 2.75) is 0 Å². The van der Waals surface area contributed by atoms with E-state index in [0.717, 1.165) is 10.6 Å². The lowest BCUT2D eigenvalue weighted by molar-refractivity contribution is 1.33. The van der Waals surface area contributed by atoms with Crippen molar-refractivity contribution in [3.63, 3.8) is 0 Å². The molecule has 0 radical (unpaired) electrons. The van der Waals surface area contributed by atoms with Gasteiger partial charge in [-0.2, -0.15) is 0 Å². The Morgan fingerprint density at radius 1 is 1.42 bits per heavy atom. The summed E-state index contributed by atoms with van der Waals surface area (Å²) in [6, 6.07) is 0. The lowest BCUT2D eigenvalue weighted by Crippen LogP contribution is -1.84. The summed E-state index contributed by atoms with van der Waals surface area (Å²) in [7, 11) is 0. The largest absolute Gasteiger partial charge is 0.369 e. The molecule has 0 amide bonds. The topological polar surface area (TPSA) is 67.6 Å². The van der Waals surface area contributed by atoms with Crippen molar-refractivity contribution in [2.75, 3.05) is 5.73 Å². The van der Waals surface area contributed by atoms with E-state index in [1.165, 1.54) is 11.3 Å². The van der Waals surface area contributed by atoms with Crippen LogP contribution >= 0.6 is 22.9 Å². The van der Waals surface area contributed by atoms with Gasteiger partial charge in [0.25, 0.3) is 0 Å². The molecule has 0 spiro atoms. The number of nitrogen functional groups attached to an aromatic ring is 1. The van der Waals surface area contributed by atoms with E-state index in [-0.39, 0.29) is 0 Å². The van der Waals surface area contributed by atoms with Crippen LogP contribution in [0, 0.1) is 0 Å². The molecule has 0 atom stereocenters. The Labute approximate surface area is 77.4 Å². The molecule has 0 bridgehead atoms. The van der Waals surface area contributed by atoms with Crippen LogP contribution in [0.4, 0.5) is 5.95 Å². The maximum atomic E-state index is 5.66. The van der Waals surface area contributed by atoms with Gasteiger partial charge in [-0.15, -0.1) is 11.3 Å². The van der Waals surface area contributed by atoms with Crippen LogP contribution in [0.5, 0.6) is 0 Å². The predicted molar refractivity (Wildman–Crippen MR) is 49.1 cm³/mol. The standard InChI is InChI=1S/C6H5ClN4S/c7-5-9-2-4(12-5)3-1-10-6(8)11-3/h1-2H,(H3,8,10,11). The number of aromatic nitrogens is 3. The Morgan fingerprint density at radius 2 is 2.25 bits per heavy atom.